The van der Waals surface area contributed by atoms with Crippen LogP contribution in [-0.2, 0) is 0 Å². The minimum absolute atomic E-state index is 1.23. The van der Waals surface area contributed by atoms with Crippen LogP contribution in [0.2, 0.25) is 0 Å². The van der Waals surface area contributed by atoms with E-state index in [1.54, 1.807) is 0 Å². The average Bonchev–Trinajstić information content (AvgIpc) is 0.736. The number of rotatable bonds is 11. The van der Waals surface area contributed by atoms with Crippen LogP contribution >= 0.6 is 0 Å². The van der Waals surface area contributed by atoms with Crippen molar-refractivity contribution < 1.29 is 0 Å². The molecular formula is C120H80. The van der Waals surface area contributed by atoms with Gasteiger partial charge in [-0.3, -0.25) is 0 Å². The van der Waals surface area contributed by atoms with Gasteiger partial charge in [0, 0.05) is 0 Å². The molecule has 0 atom stereocenters. The van der Waals surface area contributed by atoms with E-state index in [4.69, 9.17) is 0 Å². The Balaban J connectivity index is 0.000000112. The van der Waals surface area contributed by atoms with Crippen molar-refractivity contribution in [3.63, 3.8) is 0 Å². The molecule has 0 nitrogen and oxygen atoms in total. The third-order valence-electron chi connectivity index (χ3n) is 24.0. The van der Waals surface area contributed by atoms with Crippen molar-refractivity contribution in [3.8, 4) is 122 Å². The Morgan fingerprint density at radius 3 is 0.442 bits per heavy atom. The SMILES string of the molecule is c1ccc(-c2ccc(-c3c4ccccc4c(-c4cccc(-c5ccccc5)c4)c4cc5ccccc5cc34)cc2)cc1.c1ccc(-c2cccc(-c3c4ccccc4c(-c4cccc(-c5ccccc5)c4)c4cc5ccccc5cc34)c2)cc1.c1ccc(-c2cccc(-c3c4ccccc4c(-c4ccccc4)c4cc5ccccc5cc34)c2)cc1. The van der Waals surface area contributed by atoms with Gasteiger partial charge in [-0.15, -0.1) is 0 Å². The molecule has 0 aliphatic rings. The van der Waals surface area contributed by atoms with Crippen molar-refractivity contribution >= 4 is 97.0 Å². The van der Waals surface area contributed by atoms with Crippen molar-refractivity contribution in [2.24, 2.45) is 0 Å². The first-order chi connectivity index (χ1) is 59.5. The van der Waals surface area contributed by atoms with Crippen LogP contribution in [0.4, 0.5) is 0 Å². The highest BCUT2D eigenvalue weighted by molar-refractivity contribution is 6.27. The fraction of sp³-hybridized carbons (Fsp3) is 0. The maximum absolute atomic E-state index is 2.40. The first-order valence-electron chi connectivity index (χ1n) is 41.5. The molecule has 23 aromatic rings. The Hall–Kier alpha value is -15.6. The number of fused-ring (bicyclic) bond motifs is 9. The molecule has 0 fully saturated rings. The van der Waals surface area contributed by atoms with E-state index in [1.807, 2.05) is 0 Å². The Morgan fingerprint density at radius 2 is 0.217 bits per heavy atom. The number of hydrogen-bond donors (Lipinski definition) is 0. The molecule has 560 valence electrons. The van der Waals surface area contributed by atoms with E-state index in [0.29, 0.717) is 0 Å². The van der Waals surface area contributed by atoms with Gasteiger partial charge in [-0.2, -0.15) is 0 Å². The molecule has 0 aromatic heterocycles. The van der Waals surface area contributed by atoms with Crippen molar-refractivity contribution in [2.45, 2.75) is 0 Å². The summed E-state index contributed by atoms with van der Waals surface area (Å²) >= 11 is 0. The average molecular weight is 1520 g/mol. The van der Waals surface area contributed by atoms with Gasteiger partial charge < -0.3 is 0 Å². The second kappa shape index (κ2) is 31.9. The van der Waals surface area contributed by atoms with Gasteiger partial charge in [-0.1, -0.05) is 425 Å². The van der Waals surface area contributed by atoms with E-state index in [1.165, 1.54) is 219 Å². The maximum atomic E-state index is 2.40. The molecule has 0 saturated carbocycles. The van der Waals surface area contributed by atoms with E-state index in [9.17, 15) is 0 Å². The molecule has 0 bridgehead atoms. The summed E-state index contributed by atoms with van der Waals surface area (Å²) in [6.45, 7) is 0. The predicted octanol–water partition coefficient (Wildman–Crippen LogP) is 33.8. The highest BCUT2D eigenvalue weighted by atomic mass is 14.3. The molecule has 0 spiro atoms. The number of benzene rings is 23. The Kier molecular flexibility index (Phi) is 19.2. The topological polar surface area (TPSA) is 0 Å². The summed E-state index contributed by atoms with van der Waals surface area (Å²) in [5, 5.41) is 22.9. The van der Waals surface area contributed by atoms with Crippen molar-refractivity contribution in [1.82, 2.24) is 0 Å². The molecule has 0 amide bonds. The van der Waals surface area contributed by atoms with Gasteiger partial charge in [0.15, 0.2) is 0 Å². The minimum Gasteiger partial charge on any atom is -0.0622 e. The van der Waals surface area contributed by atoms with Gasteiger partial charge in [0.05, 0.1) is 0 Å². The summed E-state index contributed by atoms with van der Waals surface area (Å²) in [5.74, 6) is 0. The molecule has 0 aliphatic heterocycles. The molecule has 23 rings (SSSR count). The summed E-state index contributed by atoms with van der Waals surface area (Å²) < 4.78 is 0. The monoisotopic (exact) mass is 1520 g/mol. The largest absolute Gasteiger partial charge is 0.0622 e. The van der Waals surface area contributed by atoms with Crippen LogP contribution in [0.15, 0.2) is 485 Å². The summed E-state index contributed by atoms with van der Waals surface area (Å²) in [4.78, 5) is 0. The van der Waals surface area contributed by atoms with E-state index in [2.05, 4.69) is 485 Å². The van der Waals surface area contributed by atoms with Crippen LogP contribution in [-0.4, -0.2) is 0 Å². The molecule has 0 radical (unpaired) electrons. The highest BCUT2D eigenvalue weighted by Crippen LogP contribution is 2.50. The lowest BCUT2D eigenvalue weighted by Crippen LogP contribution is -1.92. The van der Waals surface area contributed by atoms with Gasteiger partial charge in [0.1, 0.15) is 0 Å². The second-order valence-corrected chi connectivity index (χ2v) is 31.2. The van der Waals surface area contributed by atoms with Crippen LogP contribution in [0.5, 0.6) is 0 Å². The molecule has 23 aromatic carbocycles. The summed E-state index contributed by atoms with van der Waals surface area (Å²) in [6.07, 6.45) is 0. The zero-order chi connectivity index (χ0) is 79.7. The van der Waals surface area contributed by atoms with Gasteiger partial charge in [-0.05, 0) is 280 Å². The first kappa shape index (κ1) is 72.1. The third-order valence-corrected chi connectivity index (χ3v) is 24.0. The van der Waals surface area contributed by atoms with Gasteiger partial charge in [0.25, 0.3) is 0 Å². The van der Waals surface area contributed by atoms with E-state index >= 15 is 0 Å². The van der Waals surface area contributed by atoms with E-state index in [0.717, 1.165) is 0 Å². The standard InChI is InChI=1S/2C42H28.C36H24/c1-3-13-29(14-4-1)31-19-11-21-35(25-31)41-37-23-9-10-24-38(37)42(40-28-34-18-8-7-17-33(34)27-39(40)41)36-22-12-20-32(26-36)30-15-5-2-6-16-30;1-3-12-29(13-4-1)31-22-24-32(25-23-31)41-37-20-9-10-21-38(37)42(40-28-35-17-8-7-16-34(35)27-39(40)41)36-19-11-18-33(26-36)30-14-5-2-6-15-30;1-3-12-25(13-4-1)27-18-11-19-30(22-27)36-32-21-10-9-20-31(32)35(26-14-5-2-6-15-26)33-23-28-16-7-8-17-29(28)24-34(33)36/h2*1-28H;1-24H. The molecular weight excluding hydrogens is 1440 g/mol. The Bertz CT molecular complexity index is 7600. The lowest BCUT2D eigenvalue weighted by atomic mass is 9.84. The lowest BCUT2D eigenvalue weighted by Gasteiger charge is -2.19. The van der Waals surface area contributed by atoms with Gasteiger partial charge >= 0.3 is 0 Å². The van der Waals surface area contributed by atoms with Gasteiger partial charge in [-0.25, -0.2) is 0 Å². The van der Waals surface area contributed by atoms with Crippen LogP contribution in [0.25, 0.3) is 219 Å². The lowest BCUT2D eigenvalue weighted by molar-refractivity contribution is 1.60. The number of hydrogen-bond acceptors (Lipinski definition) is 0. The third kappa shape index (κ3) is 13.8. The molecule has 120 heavy (non-hydrogen) atoms. The Labute approximate surface area is 699 Å². The Morgan fingerprint density at radius 1 is 0.0750 bits per heavy atom. The summed E-state index contributed by atoms with van der Waals surface area (Å²) in [7, 11) is 0. The van der Waals surface area contributed by atoms with Crippen LogP contribution in [0, 0.1) is 0 Å². The highest BCUT2D eigenvalue weighted by Gasteiger charge is 2.23. The molecule has 0 unspecified atom stereocenters. The molecule has 0 heterocycles. The molecule has 0 saturated heterocycles. The molecule has 0 heteroatoms. The molecule has 0 N–H and O–H groups in total. The van der Waals surface area contributed by atoms with Crippen molar-refractivity contribution in [1.29, 1.82) is 0 Å². The fourth-order valence-electron chi connectivity index (χ4n) is 18.5. The summed E-state index contributed by atoms with van der Waals surface area (Å²) in [5.41, 5.74) is 27.5. The van der Waals surface area contributed by atoms with Crippen molar-refractivity contribution in [3.05, 3.63) is 485 Å². The normalized spacial score (nSPS) is 11.3. The minimum atomic E-state index is 1.23. The smallest absolute Gasteiger partial charge is 0.00259 e. The second-order valence-electron chi connectivity index (χ2n) is 31.2. The van der Waals surface area contributed by atoms with Crippen LogP contribution < -0.4 is 0 Å². The zero-order valence-corrected chi connectivity index (χ0v) is 66.2. The molecule has 0 aliphatic carbocycles. The first-order valence-corrected chi connectivity index (χ1v) is 41.5. The van der Waals surface area contributed by atoms with Gasteiger partial charge in [0.2, 0.25) is 0 Å². The van der Waals surface area contributed by atoms with E-state index in [-0.39, 0.29) is 0 Å². The fourth-order valence-corrected chi connectivity index (χ4v) is 18.5. The maximum Gasteiger partial charge on any atom is -0.00259 e. The predicted molar refractivity (Wildman–Crippen MR) is 517 cm³/mol. The van der Waals surface area contributed by atoms with Crippen molar-refractivity contribution in [2.75, 3.05) is 0 Å². The zero-order valence-electron chi connectivity index (χ0n) is 66.2. The van der Waals surface area contributed by atoms with Crippen LogP contribution in [0.3, 0.4) is 0 Å². The quantitative estimate of drug-likeness (QED) is 0.113. The van der Waals surface area contributed by atoms with E-state index < -0.39 is 0 Å². The van der Waals surface area contributed by atoms with Crippen LogP contribution in [0.1, 0.15) is 0 Å². The summed E-state index contributed by atoms with van der Waals surface area (Å²) in [6, 6.07) is 176.